The molecular weight excluding hydrogens is 319 g/mol. The van der Waals surface area contributed by atoms with Crippen molar-refractivity contribution in [2.45, 2.75) is 32.2 Å². The van der Waals surface area contributed by atoms with Gasteiger partial charge in [0.25, 0.3) is 0 Å². The summed E-state index contributed by atoms with van der Waals surface area (Å²) in [6.45, 7) is 2.17. The van der Waals surface area contributed by atoms with Gasteiger partial charge < -0.3 is 5.32 Å². The molecule has 0 saturated heterocycles. The van der Waals surface area contributed by atoms with Crippen LogP contribution < -0.4 is 5.32 Å². The number of hydrogen-bond donors (Lipinski definition) is 1. The van der Waals surface area contributed by atoms with Crippen LogP contribution in [0.4, 0.5) is 10.3 Å². The van der Waals surface area contributed by atoms with Crippen molar-refractivity contribution in [1.29, 1.82) is 0 Å². The van der Waals surface area contributed by atoms with E-state index in [2.05, 4.69) is 38.4 Å². The van der Waals surface area contributed by atoms with Crippen LogP contribution in [0.1, 0.15) is 39.4 Å². The molecule has 1 atom stereocenters. The molecule has 1 saturated carbocycles. The molecule has 0 bridgehead atoms. The molecule has 3 aromatic rings. The second kappa shape index (κ2) is 5.34. The number of pyridine rings is 1. The van der Waals surface area contributed by atoms with E-state index in [1.807, 2.05) is 6.20 Å². The maximum absolute atomic E-state index is 14.2. The summed E-state index contributed by atoms with van der Waals surface area (Å²) in [5, 5.41) is 7.42. The number of aromatic nitrogens is 5. The maximum atomic E-state index is 14.2. The van der Waals surface area contributed by atoms with E-state index < -0.39 is 0 Å². The van der Waals surface area contributed by atoms with Crippen LogP contribution in [0.5, 0.6) is 0 Å². The van der Waals surface area contributed by atoms with Crippen LogP contribution in [0.2, 0.25) is 0 Å². The lowest BCUT2D eigenvalue weighted by molar-refractivity contribution is 0.627. The molecule has 3 heterocycles. The van der Waals surface area contributed by atoms with Crippen molar-refractivity contribution >= 4 is 17.2 Å². The summed E-state index contributed by atoms with van der Waals surface area (Å²) in [7, 11) is 0. The number of nitrogens with one attached hydrogen (secondary N) is 1. The molecule has 0 aromatic carbocycles. The van der Waals surface area contributed by atoms with Gasteiger partial charge in [0.05, 0.1) is 5.69 Å². The van der Waals surface area contributed by atoms with Gasteiger partial charge in [-0.05, 0) is 37.3 Å². The quantitative estimate of drug-likeness (QED) is 0.789. The van der Waals surface area contributed by atoms with Crippen molar-refractivity contribution in [2.75, 3.05) is 5.32 Å². The predicted octanol–water partition coefficient (Wildman–Crippen LogP) is 3.35. The SMILES string of the molecule is C[C@@H](Nc1ncc2c(n1)CC=C2c1cc(F)c2ncnn2c1)C1CC1.[HH].[HH]. The lowest BCUT2D eigenvalue weighted by Gasteiger charge is -2.13. The van der Waals surface area contributed by atoms with Gasteiger partial charge >= 0.3 is 0 Å². The summed E-state index contributed by atoms with van der Waals surface area (Å²) in [4.78, 5) is 13.0. The molecule has 1 fully saturated rings. The first-order valence-corrected chi connectivity index (χ1v) is 8.51. The van der Waals surface area contributed by atoms with E-state index in [-0.39, 0.29) is 14.3 Å². The Bertz CT molecular complexity index is 1010. The highest BCUT2D eigenvalue weighted by molar-refractivity contribution is 5.83. The standard InChI is InChI=1S/C18H17FN6.2H2/c1-10(11-2-3-11)23-18-20-7-14-13(4-5-16(14)24-18)12-6-15(19)17-21-9-22-25(17)8-12;;/h4,6-11H,2-3,5H2,1H3,(H,20,23,24);2*1H/t10-;;/m1../s1. The second-order valence-corrected chi connectivity index (χ2v) is 6.75. The zero-order chi connectivity index (χ0) is 17.0. The Balaban J connectivity index is 0.00000105. The highest BCUT2D eigenvalue weighted by Gasteiger charge is 2.28. The van der Waals surface area contributed by atoms with Crippen LogP contribution >= 0.6 is 0 Å². The van der Waals surface area contributed by atoms with Gasteiger partial charge in [0, 0.05) is 38.8 Å². The first-order chi connectivity index (χ1) is 12.2. The summed E-state index contributed by atoms with van der Waals surface area (Å²) < 4.78 is 15.7. The fourth-order valence-corrected chi connectivity index (χ4v) is 3.40. The molecule has 0 radical (unpaired) electrons. The van der Waals surface area contributed by atoms with Crippen molar-refractivity contribution in [3.63, 3.8) is 0 Å². The number of anilines is 1. The molecule has 0 spiro atoms. The van der Waals surface area contributed by atoms with Crippen molar-refractivity contribution < 1.29 is 7.24 Å². The van der Waals surface area contributed by atoms with Gasteiger partial charge in [-0.2, -0.15) is 5.10 Å². The molecule has 3 aromatic heterocycles. The van der Waals surface area contributed by atoms with Crippen molar-refractivity contribution in [3.05, 3.63) is 53.5 Å². The highest BCUT2D eigenvalue weighted by atomic mass is 19.1. The average molecular weight is 340 g/mol. The second-order valence-electron chi connectivity index (χ2n) is 6.75. The predicted molar refractivity (Wildman–Crippen MR) is 95.8 cm³/mol. The minimum absolute atomic E-state index is 0. The lowest BCUT2D eigenvalue weighted by atomic mass is 10.0. The highest BCUT2D eigenvalue weighted by Crippen LogP contribution is 2.35. The third kappa shape index (κ3) is 2.47. The van der Waals surface area contributed by atoms with Crippen molar-refractivity contribution in [3.8, 4) is 0 Å². The van der Waals surface area contributed by atoms with Crippen LogP contribution in [0.3, 0.4) is 0 Å². The van der Waals surface area contributed by atoms with Gasteiger partial charge in [-0.15, -0.1) is 0 Å². The Kier molecular flexibility index (Phi) is 3.10. The molecule has 2 aliphatic carbocycles. The van der Waals surface area contributed by atoms with Gasteiger partial charge in [-0.1, -0.05) is 6.08 Å². The molecule has 1 N–H and O–H groups in total. The topological polar surface area (TPSA) is 68.0 Å². The summed E-state index contributed by atoms with van der Waals surface area (Å²) in [5.41, 5.74) is 3.84. The molecule has 2 aliphatic rings. The normalized spacial score (nSPS) is 17.4. The first kappa shape index (κ1) is 14.5. The Morgan fingerprint density at radius 2 is 2.24 bits per heavy atom. The van der Waals surface area contributed by atoms with Crippen LogP contribution in [0, 0.1) is 11.7 Å². The van der Waals surface area contributed by atoms with Crippen LogP contribution in [-0.2, 0) is 6.42 Å². The molecule has 0 aliphatic heterocycles. The van der Waals surface area contributed by atoms with Gasteiger partial charge in [-0.25, -0.2) is 23.9 Å². The van der Waals surface area contributed by atoms with Gasteiger partial charge in [-0.3, -0.25) is 0 Å². The Morgan fingerprint density at radius 3 is 3.08 bits per heavy atom. The summed E-state index contributed by atoms with van der Waals surface area (Å²) >= 11 is 0. The molecule has 0 amide bonds. The van der Waals surface area contributed by atoms with Gasteiger partial charge in [0.2, 0.25) is 5.95 Å². The third-order valence-electron chi connectivity index (χ3n) is 4.98. The zero-order valence-corrected chi connectivity index (χ0v) is 13.8. The Labute approximate surface area is 146 Å². The summed E-state index contributed by atoms with van der Waals surface area (Å²) in [5.74, 6) is 1.02. The third-order valence-corrected chi connectivity index (χ3v) is 4.98. The smallest absolute Gasteiger partial charge is 0.223 e. The number of allylic oxidation sites excluding steroid dienone is 1. The summed E-state index contributed by atoms with van der Waals surface area (Å²) in [6.07, 6.45) is 10.3. The van der Waals surface area contributed by atoms with Gasteiger partial charge in [0.15, 0.2) is 11.5 Å². The van der Waals surface area contributed by atoms with E-state index in [4.69, 9.17) is 0 Å². The van der Waals surface area contributed by atoms with E-state index in [1.54, 1.807) is 6.20 Å². The molecule has 5 rings (SSSR count). The molecular formula is C18H21FN6. The van der Waals surface area contributed by atoms with E-state index in [0.29, 0.717) is 12.0 Å². The largest absolute Gasteiger partial charge is 0.351 e. The molecule has 7 heteroatoms. The van der Waals surface area contributed by atoms with E-state index in [9.17, 15) is 4.39 Å². The van der Waals surface area contributed by atoms with E-state index in [0.717, 1.165) is 34.7 Å². The number of rotatable bonds is 4. The van der Waals surface area contributed by atoms with E-state index >= 15 is 0 Å². The van der Waals surface area contributed by atoms with Crippen LogP contribution in [-0.4, -0.2) is 30.6 Å². The lowest BCUT2D eigenvalue weighted by Crippen LogP contribution is -2.19. The van der Waals surface area contributed by atoms with E-state index in [1.165, 1.54) is 29.8 Å². The maximum Gasteiger partial charge on any atom is 0.223 e. The fourth-order valence-electron chi connectivity index (χ4n) is 3.40. The Morgan fingerprint density at radius 1 is 1.36 bits per heavy atom. The molecule has 130 valence electrons. The number of fused-ring (bicyclic) bond motifs is 2. The van der Waals surface area contributed by atoms with Gasteiger partial charge in [0.1, 0.15) is 6.33 Å². The van der Waals surface area contributed by atoms with Crippen molar-refractivity contribution in [2.24, 2.45) is 5.92 Å². The van der Waals surface area contributed by atoms with Crippen LogP contribution in [0.15, 0.2) is 30.9 Å². The summed E-state index contributed by atoms with van der Waals surface area (Å²) in [6, 6.07) is 1.89. The van der Waals surface area contributed by atoms with Crippen LogP contribution in [0.25, 0.3) is 11.2 Å². The zero-order valence-electron chi connectivity index (χ0n) is 13.8. The monoisotopic (exact) mass is 340 g/mol. The fraction of sp³-hybridized carbons (Fsp3) is 0.333. The number of halogens is 1. The molecule has 6 nitrogen and oxygen atoms in total. The minimum Gasteiger partial charge on any atom is -0.351 e. The average Bonchev–Trinajstić information content (AvgIpc) is 3.20. The molecule has 0 unspecified atom stereocenters. The number of hydrogen-bond acceptors (Lipinski definition) is 5. The van der Waals surface area contributed by atoms with Crippen molar-refractivity contribution in [1.82, 2.24) is 24.6 Å². The first-order valence-electron chi connectivity index (χ1n) is 8.51. The Hall–Kier alpha value is -2.83. The molecule has 25 heavy (non-hydrogen) atoms. The number of nitrogens with zero attached hydrogens (tertiary/aromatic N) is 5. The minimum atomic E-state index is -0.387.